The van der Waals surface area contributed by atoms with E-state index in [0.29, 0.717) is 0 Å². The highest BCUT2D eigenvalue weighted by Gasteiger charge is 2.26. The molecule has 0 aliphatic rings. The molecule has 1 unspecified atom stereocenters. The fourth-order valence-electron chi connectivity index (χ4n) is 2.91. The van der Waals surface area contributed by atoms with Gasteiger partial charge in [-0.15, -0.1) is 0 Å². The summed E-state index contributed by atoms with van der Waals surface area (Å²) in [5, 5.41) is 3.10. The van der Waals surface area contributed by atoms with Crippen molar-refractivity contribution >= 4 is 11.6 Å². The van der Waals surface area contributed by atoms with Crippen molar-refractivity contribution in [3.63, 3.8) is 0 Å². The molecule has 2 aromatic rings. The minimum absolute atomic E-state index is 0.0202. The number of likely N-dealkylation sites (N-methyl/N-ethyl adjacent to an activating group) is 1. The van der Waals surface area contributed by atoms with Gasteiger partial charge in [0.25, 0.3) is 0 Å². The van der Waals surface area contributed by atoms with Crippen LogP contribution in [0.5, 0.6) is 0 Å². The first-order valence-corrected chi connectivity index (χ1v) is 8.24. The average molecular weight is 310 g/mol. The van der Waals surface area contributed by atoms with Gasteiger partial charge in [0.1, 0.15) is 6.04 Å². The average Bonchev–Trinajstić information content (AvgIpc) is 2.55. The van der Waals surface area contributed by atoms with Gasteiger partial charge in [0, 0.05) is 5.69 Å². The Kier molecular flexibility index (Phi) is 5.94. The van der Waals surface area contributed by atoms with Crippen LogP contribution in [0.25, 0.3) is 0 Å². The lowest BCUT2D eigenvalue weighted by Crippen LogP contribution is -2.37. The molecule has 0 aromatic heterocycles. The lowest BCUT2D eigenvalue weighted by atomic mass is 10.0. The Balaban J connectivity index is 2.29. The van der Waals surface area contributed by atoms with Crippen LogP contribution in [0.4, 0.5) is 5.69 Å². The third kappa shape index (κ3) is 4.20. The summed E-state index contributed by atoms with van der Waals surface area (Å²) in [6.45, 7) is 9.92. The molecule has 3 heteroatoms. The van der Waals surface area contributed by atoms with Gasteiger partial charge in [-0.25, -0.2) is 0 Å². The molecule has 122 valence electrons. The van der Waals surface area contributed by atoms with Gasteiger partial charge >= 0.3 is 0 Å². The van der Waals surface area contributed by atoms with E-state index in [-0.39, 0.29) is 11.9 Å². The number of nitrogens with zero attached hydrogens (tertiary/aromatic N) is 1. The summed E-state index contributed by atoms with van der Waals surface area (Å²) in [5.74, 6) is 0.0202. The van der Waals surface area contributed by atoms with E-state index in [1.54, 1.807) is 0 Å². The minimum atomic E-state index is -0.271. The molecule has 3 nitrogen and oxygen atoms in total. The van der Waals surface area contributed by atoms with Crippen LogP contribution in [0.3, 0.4) is 0 Å². The maximum absolute atomic E-state index is 13.0. The van der Waals surface area contributed by atoms with Crippen LogP contribution < -0.4 is 5.32 Å². The number of nitrogens with one attached hydrogen (secondary N) is 1. The molecule has 0 radical (unpaired) electrons. The molecule has 0 heterocycles. The number of rotatable bonds is 6. The minimum Gasteiger partial charge on any atom is -0.324 e. The second kappa shape index (κ2) is 7.93. The Hall–Kier alpha value is -2.13. The van der Waals surface area contributed by atoms with E-state index in [1.807, 2.05) is 49.4 Å². The van der Waals surface area contributed by atoms with Crippen molar-refractivity contribution in [2.24, 2.45) is 0 Å². The lowest BCUT2D eigenvalue weighted by molar-refractivity contribution is -0.121. The predicted molar refractivity (Wildman–Crippen MR) is 96.6 cm³/mol. The molecule has 1 amide bonds. The molecular formula is C20H26N2O. The normalized spacial score (nSPS) is 12.2. The quantitative estimate of drug-likeness (QED) is 0.861. The zero-order chi connectivity index (χ0) is 16.8. The second-order valence-corrected chi connectivity index (χ2v) is 5.84. The van der Waals surface area contributed by atoms with Gasteiger partial charge < -0.3 is 5.32 Å². The summed E-state index contributed by atoms with van der Waals surface area (Å²) in [6.07, 6.45) is 0. The third-order valence-corrected chi connectivity index (χ3v) is 4.18. The summed E-state index contributed by atoms with van der Waals surface area (Å²) in [6, 6.07) is 15.8. The van der Waals surface area contributed by atoms with Gasteiger partial charge in [0.15, 0.2) is 0 Å². The molecule has 0 fully saturated rings. The summed E-state index contributed by atoms with van der Waals surface area (Å²) in [5.41, 5.74) is 4.20. The predicted octanol–water partition coefficient (Wildman–Crippen LogP) is 4.33. The van der Waals surface area contributed by atoms with Crippen molar-refractivity contribution < 1.29 is 4.79 Å². The number of anilines is 1. The number of aryl methyl sites for hydroxylation is 2. The van der Waals surface area contributed by atoms with Gasteiger partial charge in [0.2, 0.25) is 5.91 Å². The van der Waals surface area contributed by atoms with Crippen molar-refractivity contribution in [1.82, 2.24) is 4.90 Å². The molecular weight excluding hydrogens is 284 g/mol. The number of benzene rings is 2. The third-order valence-electron chi connectivity index (χ3n) is 4.18. The van der Waals surface area contributed by atoms with Crippen molar-refractivity contribution in [3.05, 3.63) is 65.2 Å². The van der Waals surface area contributed by atoms with Gasteiger partial charge in [-0.1, -0.05) is 61.9 Å². The second-order valence-electron chi connectivity index (χ2n) is 5.84. The maximum atomic E-state index is 13.0. The molecule has 0 bridgehead atoms. The molecule has 0 aliphatic heterocycles. The molecule has 2 aromatic carbocycles. The van der Waals surface area contributed by atoms with Crippen LogP contribution in [0, 0.1) is 13.8 Å². The van der Waals surface area contributed by atoms with Gasteiger partial charge in [0.05, 0.1) is 0 Å². The first-order chi connectivity index (χ1) is 11.1. The SMILES string of the molecule is CCN(CC)C(C(=O)Nc1ccc(C)cc1C)c1ccccc1. The monoisotopic (exact) mass is 310 g/mol. The molecule has 1 N–H and O–H groups in total. The Morgan fingerprint density at radius 3 is 2.26 bits per heavy atom. The highest BCUT2D eigenvalue weighted by molar-refractivity contribution is 5.96. The number of hydrogen-bond acceptors (Lipinski definition) is 2. The van der Waals surface area contributed by atoms with E-state index in [1.165, 1.54) is 5.56 Å². The standard InChI is InChI=1S/C20H26N2O/c1-5-22(6-2)19(17-10-8-7-9-11-17)20(23)21-18-13-12-15(3)14-16(18)4/h7-14,19H,5-6H2,1-4H3,(H,21,23). The number of carbonyl (C=O) groups is 1. The smallest absolute Gasteiger partial charge is 0.246 e. The van der Waals surface area contributed by atoms with Crippen molar-refractivity contribution in [1.29, 1.82) is 0 Å². The Morgan fingerprint density at radius 2 is 1.70 bits per heavy atom. The van der Waals surface area contributed by atoms with Crippen LogP contribution >= 0.6 is 0 Å². The van der Waals surface area contributed by atoms with Crippen molar-refractivity contribution in [2.75, 3.05) is 18.4 Å². The van der Waals surface area contributed by atoms with Crippen LogP contribution in [0.2, 0.25) is 0 Å². The lowest BCUT2D eigenvalue weighted by Gasteiger charge is -2.29. The fourth-order valence-corrected chi connectivity index (χ4v) is 2.91. The summed E-state index contributed by atoms with van der Waals surface area (Å²) < 4.78 is 0. The van der Waals surface area contributed by atoms with E-state index in [4.69, 9.17) is 0 Å². The highest BCUT2D eigenvalue weighted by atomic mass is 16.2. The molecule has 23 heavy (non-hydrogen) atoms. The first kappa shape index (κ1) is 17.2. The summed E-state index contributed by atoms with van der Waals surface area (Å²) in [7, 11) is 0. The number of amides is 1. The van der Waals surface area contributed by atoms with Gasteiger partial charge in [-0.05, 0) is 44.1 Å². The Morgan fingerprint density at radius 1 is 1.04 bits per heavy atom. The van der Waals surface area contributed by atoms with E-state index < -0.39 is 0 Å². The van der Waals surface area contributed by atoms with Crippen molar-refractivity contribution in [2.45, 2.75) is 33.7 Å². The summed E-state index contributed by atoms with van der Waals surface area (Å²) >= 11 is 0. The van der Waals surface area contributed by atoms with Crippen LogP contribution in [-0.2, 0) is 4.79 Å². The van der Waals surface area contributed by atoms with Gasteiger partial charge in [-0.2, -0.15) is 0 Å². The van der Waals surface area contributed by atoms with Crippen LogP contribution in [-0.4, -0.2) is 23.9 Å². The van der Waals surface area contributed by atoms with Crippen molar-refractivity contribution in [3.8, 4) is 0 Å². The largest absolute Gasteiger partial charge is 0.324 e. The molecule has 0 saturated carbocycles. The van der Waals surface area contributed by atoms with E-state index in [9.17, 15) is 4.79 Å². The Bertz CT molecular complexity index is 648. The van der Waals surface area contributed by atoms with Crippen LogP contribution in [0.15, 0.2) is 48.5 Å². The zero-order valence-electron chi connectivity index (χ0n) is 14.5. The van der Waals surface area contributed by atoms with Gasteiger partial charge in [-0.3, -0.25) is 9.69 Å². The highest BCUT2D eigenvalue weighted by Crippen LogP contribution is 2.24. The van der Waals surface area contributed by atoms with E-state index >= 15 is 0 Å². The maximum Gasteiger partial charge on any atom is 0.246 e. The first-order valence-electron chi connectivity index (χ1n) is 8.24. The number of hydrogen-bond donors (Lipinski definition) is 1. The van der Waals surface area contributed by atoms with Crippen LogP contribution in [0.1, 0.15) is 36.6 Å². The zero-order valence-corrected chi connectivity index (χ0v) is 14.5. The fraction of sp³-hybridized carbons (Fsp3) is 0.350. The molecule has 1 atom stereocenters. The molecule has 0 aliphatic carbocycles. The molecule has 0 saturated heterocycles. The number of carbonyl (C=O) groups excluding carboxylic acids is 1. The molecule has 0 spiro atoms. The van der Waals surface area contributed by atoms with E-state index in [0.717, 1.165) is 29.9 Å². The Labute approximate surface area is 139 Å². The van der Waals surface area contributed by atoms with E-state index in [2.05, 4.69) is 37.1 Å². The topological polar surface area (TPSA) is 32.3 Å². The molecule has 2 rings (SSSR count). The summed E-state index contributed by atoms with van der Waals surface area (Å²) in [4.78, 5) is 15.1.